The van der Waals surface area contributed by atoms with Gasteiger partial charge in [0, 0.05) is 11.4 Å². The Morgan fingerprint density at radius 1 is 1.14 bits per heavy atom. The molecule has 0 saturated carbocycles. The number of aromatic hydroxyl groups is 1. The lowest BCUT2D eigenvalue weighted by Crippen LogP contribution is -2.53. The molecule has 0 aliphatic rings. The fourth-order valence-corrected chi connectivity index (χ4v) is 3.69. The van der Waals surface area contributed by atoms with E-state index >= 15 is 0 Å². The summed E-state index contributed by atoms with van der Waals surface area (Å²) in [5, 5.41) is 24.8. The van der Waals surface area contributed by atoms with E-state index in [9.17, 15) is 24.8 Å². The van der Waals surface area contributed by atoms with Crippen LogP contribution in [0, 0.1) is 25.2 Å². The molecule has 0 radical (unpaired) electrons. The summed E-state index contributed by atoms with van der Waals surface area (Å²) >= 11 is 4.20. The molecule has 0 heterocycles. The van der Waals surface area contributed by atoms with Crippen molar-refractivity contribution in [3.05, 3.63) is 59.2 Å². The van der Waals surface area contributed by atoms with Gasteiger partial charge < -0.3 is 25.4 Å². The zero-order valence-electron chi connectivity index (χ0n) is 21.0. The van der Waals surface area contributed by atoms with E-state index in [1.165, 1.54) is 12.1 Å². The van der Waals surface area contributed by atoms with Crippen LogP contribution in [0.1, 0.15) is 43.5 Å². The molecular weight excluding hydrogens is 480 g/mol. The second-order valence-corrected chi connectivity index (χ2v) is 9.62. The molecule has 0 aromatic heterocycles. The molecule has 0 bridgehead atoms. The number of anilines is 1. The number of phenols is 1. The van der Waals surface area contributed by atoms with E-state index in [4.69, 9.17) is 4.74 Å². The summed E-state index contributed by atoms with van der Waals surface area (Å²) in [6, 6.07) is 11.2. The molecule has 2 rings (SSSR count). The van der Waals surface area contributed by atoms with E-state index in [2.05, 4.69) is 23.3 Å². The third kappa shape index (κ3) is 7.65. The van der Waals surface area contributed by atoms with Gasteiger partial charge >= 0.3 is 6.09 Å². The predicted octanol–water partition coefficient (Wildman–Crippen LogP) is 3.86. The lowest BCUT2D eigenvalue weighted by molar-refractivity contribution is -0.139. The molecule has 0 aliphatic heterocycles. The smallest absolute Gasteiger partial charge is 0.408 e. The van der Waals surface area contributed by atoms with E-state index in [-0.39, 0.29) is 11.5 Å². The van der Waals surface area contributed by atoms with Gasteiger partial charge in [0.1, 0.15) is 30.0 Å². The molecule has 2 unspecified atom stereocenters. The molecule has 0 saturated heterocycles. The zero-order chi connectivity index (χ0) is 27.0. The van der Waals surface area contributed by atoms with Crippen LogP contribution in [0.4, 0.5) is 10.5 Å². The van der Waals surface area contributed by atoms with Crippen LogP contribution in [-0.4, -0.2) is 51.9 Å². The monoisotopic (exact) mass is 512 g/mol. The first kappa shape index (κ1) is 28.5. The molecule has 36 heavy (non-hydrogen) atoms. The first-order chi connectivity index (χ1) is 16.9. The fourth-order valence-electron chi connectivity index (χ4n) is 3.44. The standard InChI is InChI=1S/C26H32N4O5S/c1-16-8-6-7-9-19(16)28-23(32)22(18-10-11-21(31)17(2)14-18)30(13-12-27)24(33)20(15-36)29-25(34)35-26(3,4)5/h6-11,14,20,22,31,36H,13,15H2,1-5H3,(H,28,32)(H,29,34). The third-order valence-electron chi connectivity index (χ3n) is 5.20. The Kier molecular flexibility index (Phi) is 9.76. The van der Waals surface area contributed by atoms with Crippen molar-refractivity contribution in [1.29, 1.82) is 5.26 Å². The van der Waals surface area contributed by atoms with Gasteiger partial charge in [0.25, 0.3) is 5.91 Å². The lowest BCUT2D eigenvalue weighted by Gasteiger charge is -2.32. The van der Waals surface area contributed by atoms with Crippen LogP contribution in [0.5, 0.6) is 5.75 Å². The zero-order valence-corrected chi connectivity index (χ0v) is 21.9. The van der Waals surface area contributed by atoms with E-state index in [1.54, 1.807) is 45.9 Å². The number of benzene rings is 2. The first-order valence-corrected chi connectivity index (χ1v) is 11.9. The van der Waals surface area contributed by atoms with Crippen LogP contribution in [0.2, 0.25) is 0 Å². The SMILES string of the molecule is Cc1cc(C(C(=O)Nc2ccccc2C)N(CC#N)C(=O)C(CS)NC(=O)OC(C)(C)C)ccc1O. The number of nitrogens with zero attached hydrogens (tertiary/aromatic N) is 2. The van der Waals surface area contributed by atoms with Gasteiger partial charge in [-0.1, -0.05) is 24.3 Å². The maximum atomic E-state index is 13.6. The second-order valence-electron chi connectivity index (χ2n) is 9.26. The Labute approximate surface area is 216 Å². The highest BCUT2D eigenvalue weighted by Crippen LogP contribution is 2.28. The van der Waals surface area contributed by atoms with Crippen molar-refractivity contribution in [3.8, 4) is 11.8 Å². The number of thiol groups is 1. The van der Waals surface area contributed by atoms with E-state index in [1.807, 2.05) is 25.1 Å². The number of nitriles is 1. The van der Waals surface area contributed by atoms with E-state index in [0.29, 0.717) is 16.8 Å². The number of rotatable bonds is 8. The van der Waals surface area contributed by atoms with E-state index in [0.717, 1.165) is 10.5 Å². The first-order valence-electron chi connectivity index (χ1n) is 11.3. The number of phenolic OH excluding ortho intramolecular Hbond substituents is 1. The van der Waals surface area contributed by atoms with Gasteiger partial charge in [0.05, 0.1) is 6.07 Å². The molecule has 2 atom stereocenters. The molecule has 3 N–H and O–H groups in total. The summed E-state index contributed by atoms with van der Waals surface area (Å²) in [4.78, 5) is 40.6. The van der Waals surface area contributed by atoms with Gasteiger partial charge in [-0.05, 0) is 69.5 Å². The molecule has 3 amide bonds. The predicted molar refractivity (Wildman–Crippen MR) is 140 cm³/mol. The van der Waals surface area contributed by atoms with Crippen LogP contribution in [0.25, 0.3) is 0 Å². The number of carbonyl (C=O) groups is 3. The minimum atomic E-state index is -1.24. The number of para-hydroxylation sites is 1. The van der Waals surface area contributed by atoms with Crippen molar-refractivity contribution in [1.82, 2.24) is 10.2 Å². The quantitative estimate of drug-likeness (QED) is 0.314. The number of alkyl carbamates (subject to hydrolysis) is 1. The molecule has 10 heteroatoms. The van der Waals surface area contributed by atoms with Gasteiger partial charge in [-0.3, -0.25) is 9.59 Å². The summed E-state index contributed by atoms with van der Waals surface area (Å²) in [6.45, 7) is 8.10. The van der Waals surface area contributed by atoms with Crippen LogP contribution >= 0.6 is 12.6 Å². The summed E-state index contributed by atoms with van der Waals surface area (Å²) in [7, 11) is 0. The lowest BCUT2D eigenvalue weighted by atomic mass is 10.00. The summed E-state index contributed by atoms with van der Waals surface area (Å²) in [5.41, 5.74) is 1.44. The minimum Gasteiger partial charge on any atom is -0.508 e. The maximum absolute atomic E-state index is 13.6. The second kappa shape index (κ2) is 12.3. The average Bonchev–Trinajstić information content (AvgIpc) is 2.79. The Morgan fingerprint density at radius 3 is 2.36 bits per heavy atom. The fraction of sp³-hybridized carbons (Fsp3) is 0.385. The van der Waals surface area contributed by atoms with Crippen molar-refractivity contribution in [3.63, 3.8) is 0 Å². The number of ether oxygens (including phenoxy) is 1. The number of aryl methyl sites for hydroxylation is 2. The van der Waals surface area contributed by atoms with Crippen molar-refractivity contribution in [2.75, 3.05) is 17.6 Å². The molecule has 2 aromatic carbocycles. The largest absolute Gasteiger partial charge is 0.508 e. The number of hydrogen-bond acceptors (Lipinski definition) is 7. The Balaban J connectivity index is 2.49. The van der Waals surface area contributed by atoms with Gasteiger partial charge in [0.15, 0.2) is 0 Å². The van der Waals surface area contributed by atoms with Crippen molar-refractivity contribution >= 4 is 36.2 Å². The minimum absolute atomic E-state index is 0.0230. The molecule has 9 nitrogen and oxygen atoms in total. The van der Waals surface area contributed by atoms with Crippen LogP contribution in [0.3, 0.4) is 0 Å². The number of carbonyl (C=O) groups excluding carboxylic acids is 3. The van der Waals surface area contributed by atoms with Gasteiger partial charge in [-0.25, -0.2) is 4.79 Å². The highest BCUT2D eigenvalue weighted by molar-refractivity contribution is 7.80. The highest BCUT2D eigenvalue weighted by atomic mass is 32.1. The number of amides is 3. The van der Waals surface area contributed by atoms with Crippen LogP contribution < -0.4 is 10.6 Å². The topological polar surface area (TPSA) is 132 Å². The average molecular weight is 513 g/mol. The molecule has 0 spiro atoms. The molecule has 0 fully saturated rings. The van der Waals surface area contributed by atoms with Crippen LogP contribution in [0.15, 0.2) is 42.5 Å². The van der Waals surface area contributed by atoms with E-state index < -0.39 is 42.1 Å². The van der Waals surface area contributed by atoms with Gasteiger partial charge in [-0.2, -0.15) is 17.9 Å². The normalized spacial score (nSPS) is 12.6. The van der Waals surface area contributed by atoms with Crippen LogP contribution in [-0.2, 0) is 14.3 Å². The highest BCUT2D eigenvalue weighted by Gasteiger charge is 2.36. The van der Waals surface area contributed by atoms with Gasteiger partial charge in [-0.15, -0.1) is 0 Å². The molecule has 192 valence electrons. The Morgan fingerprint density at radius 2 is 1.81 bits per heavy atom. The molecule has 2 aromatic rings. The third-order valence-corrected chi connectivity index (χ3v) is 5.56. The molecular formula is C26H32N4O5S. The number of hydrogen-bond donors (Lipinski definition) is 4. The molecule has 0 aliphatic carbocycles. The van der Waals surface area contributed by atoms with Crippen molar-refractivity contribution in [2.45, 2.75) is 52.3 Å². The Hall–Kier alpha value is -3.71. The van der Waals surface area contributed by atoms with Crippen molar-refractivity contribution < 1.29 is 24.2 Å². The van der Waals surface area contributed by atoms with Crippen molar-refractivity contribution in [2.24, 2.45) is 0 Å². The maximum Gasteiger partial charge on any atom is 0.408 e. The Bertz CT molecular complexity index is 1160. The number of nitrogens with one attached hydrogen (secondary N) is 2. The van der Waals surface area contributed by atoms with Gasteiger partial charge in [0.2, 0.25) is 5.91 Å². The summed E-state index contributed by atoms with van der Waals surface area (Å²) < 4.78 is 5.25. The summed E-state index contributed by atoms with van der Waals surface area (Å²) in [6.07, 6.45) is -0.826. The summed E-state index contributed by atoms with van der Waals surface area (Å²) in [5.74, 6) is -1.32.